The molecule has 1 saturated heterocycles. The molecule has 2 rings (SSSR count). The Morgan fingerprint density at radius 1 is 1.19 bits per heavy atom. The zero-order chi connectivity index (χ0) is 15.6. The molecule has 2 heterocycles. The third-order valence-corrected chi connectivity index (χ3v) is 3.65. The molecule has 0 N–H and O–H groups in total. The van der Waals surface area contributed by atoms with Gasteiger partial charge < -0.3 is 18.9 Å². The van der Waals surface area contributed by atoms with E-state index in [-0.39, 0.29) is 17.8 Å². The van der Waals surface area contributed by atoms with Crippen molar-refractivity contribution in [2.45, 2.75) is 24.5 Å². The van der Waals surface area contributed by atoms with Gasteiger partial charge in [0.2, 0.25) is 0 Å². The lowest BCUT2D eigenvalue weighted by Gasteiger charge is -2.22. The van der Waals surface area contributed by atoms with Crippen LogP contribution in [0.25, 0.3) is 0 Å². The van der Waals surface area contributed by atoms with Gasteiger partial charge >= 0.3 is 5.69 Å². The van der Waals surface area contributed by atoms with E-state index < -0.39 is 18.0 Å². The molecule has 1 aliphatic rings. The predicted molar refractivity (Wildman–Crippen MR) is 73.3 cm³/mol. The van der Waals surface area contributed by atoms with E-state index in [0.29, 0.717) is 6.61 Å². The molecule has 1 aromatic rings. The molecule has 0 spiro atoms. The van der Waals surface area contributed by atoms with Gasteiger partial charge in [-0.1, -0.05) is 0 Å². The van der Waals surface area contributed by atoms with E-state index in [1.165, 1.54) is 31.0 Å². The SMILES string of the molecule is COCC1OC(n2ccc(=O)n(C)c2=O)C(OC)C1OC. The third kappa shape index (κ3) is 2.80. The summed E-state index contributed by atoms with van der Waals surface area (Å²) in [6.45, 7) is 0.315. The predicted octanol–water partition coefficient (Wildman–Crippen LogP) is -0.879. The first-order valence-electron chi connectivity index (χ1n) is 6.53. The lowest BCUT2D eigenvalue weighted by molar-refractivity contribution is -0.0677. The summed E-state index contributed by atoms with van der Waals surface area (Å²) < 4.78 is 24.1. The minimum atomic E-state index is -0.681. The number of methoxy groups -OCH3 is 3. The van der Waals surface area contributed by atoms with Crippen LogP contribution in [0, 0.1) is 0 Å². The highest BCUT2D eigenvalue weighted by atomic mass is 16.6. The first-order chi connectivity index (χ1) is 10.0. The van der Waals surface area contributed by atoms with Gasteiger partial charge in [-0.25, -0.2) is 4.79 Å². The second-order valence-corrected chi connectivity index (χ2v) is 4.82. The molecule has 4 unspecified atom stereocenters. The highest BCUT2D eigenvalue weighted by Gasteiger charge is 2.46. The molecule has 21 heavy (non-hydrogen) atoms. The molecule has 0 aliphatic carbocycles. The Kier molecular flexibility index (Phi) is 4.94. The van der Waals surface area contributed by atoms with Crippen LogP contribution in [0.4, 0.5) is 0 Å². The maximum absolute atomic E-state index is 12.2. The Morgan fingerprint density at radius 3 is 2.43 bits per heavy atom. The van der Waals surface area contributed by atoms with Crippen LogP contribution in [0.5, 0.6) is 0 Å². The van der Waals surface area contributed by atoms with Crippen LogP contribution in [0.1, 0.15) is 6.23 Å². The Balaban J connectivity index is 2.41. The van der Waals surface area contributed by atoms with Crippen molar-refractivity contribution in [2.75, 3.05) is 27.9 Å². The normalized spacial score (nSPS) is 29.0. The molecule has 118 valence electrons. The molecule has 0 radical (unpaired) electrons. The summed E-state index contributed by atoms with van der Waals surface area (Å²) in [6, 6.07) is 1.31. The van der Waals surface area contributed by atoms with E-state index in [2.05, 4.69) is 0 Å². The second kappa shape index (κ2) is 6.52. The summed E-state index contributed by atoms with van der Waals surface area (Å²) in [5.74, 6) is 0. The summed E-state index contributed by atoms with van der Waals surface area (Å²) >= 11 is 0. The van der Waals surface area contributed by atoms with E-state index in [1.807, 2.05) is 0 Å². The van der Waals surface area contributed by atoms with E-state index in [1.54, 1.807) is 14.2 Å². The van der Waals surface area contributed by atoms with Gasteiger partial charge in [-0.05, 0) is 0 Å². The second-order valence-electron chi connectivity index (χ2n) is 4.82. The number of nitrogens with zero attached hydrogens (tertiary/aromatic N) is 2. The van der Waals surface area contributed by atoms with Gasteiger partial charge in [0.15, 0.2) is 6.23 Å². The van der Waals surface area contributed by atoms with Crippen molar-refractivity contribution >= 4 is 0 Å². The molecular weight excluding hydrogens is 280 g/mol. The highest BCUT2D eigenvalue weighted by molar-refractivity contribution is 4.95. The fourth-order valence-electron chi connectivity index (χ4n) is 2.55. The van der Waals surface area contributed by atoms with Crippen LogP contribution in [-0.2, 0) is 26.0 Å². The highest BCUT2D eigenvalue weighted by Crippen LogP contribution is 2.32. The van der Waals surface area contributed by atoms with E-state index in [4.69, 9.17) is 18.9 Å². The first-order valence-corrected chi connectivity index (χ1v) is 6.53. The fourth-order valence-corrected chi connectivity index (χ4v) is 2.55. The van der Waals surface area contributed by atoms with Gasteiger partial charge in [0.25, 0.3) is 5.56 Å². The lowest BCUT2D eigenvalue weighted by atomic mass is 10.1. The van der Waals surface area contributed by atoms with Crippen LogP contribution in [0.2, 0.25) is 0 Å². The zero-order valence-electron chi connectivity index (χ0n) is 12.5. The molecule has 4 atom stereocenters. The molecule has 0 saturated carbocycles. The van der Waals surface area contributed by atoms with Crippen LogP contribution in [0.15, 0.2) is 21.9 Å². The Hall–Kier alpha value is -1.48. The Bertz CT molecular complexity index is 595. The van der Waals surface area contributed by atoms with Crippen LogP contribution < -0.4 is 11.2 Å². The van der Waals surface area contributed by atoms with Gasteiger partial charge in [0.05, 0.1) is 6.61 Å². The zero-order valence-corrected chi connectivity index (χ0v) is 12.5. The van der Waals surface area contributed by atoms with E-state index in [0.717, 1.165) is 4.57 Å². The first kappa shape index (κ1) is 15.9. The summed E-state index contributed by atoms with van der Waals surface area (Å²) in [5.41, 5.74) is -0.845. The van der Waals surface area contributed by atoms with Gasteiger partial charge in [-0.3, -0.25) is 13.9 Å². The van der Waals surface area contributed by atoms with Crippen molar-refractivity contribution in [3.8, 4) is 0 Å². The Labute approximate surface area is 121 Å². The Morgan fingerprint density at radius 2 is 1.86 bits per heavy atom. The van der Waals surface area contributed by atoms with Crippen LogP contribution in [0.3, 0.4) is 0 Å². The van der Waals surface area contributed by atoms with Crippen molar-refractivity contribution in [1.82, 2.24) is 9.13 Å². The van der Waals surface area contributed by atoms with Gasteiger partial charge in [0.1, 0.15) is 18.3 Å². The van der Waals surface area contributed by atoms with Crippen molar-refractivity contribution in [2.24, 2.45) is 7.05 Å². The molecule has 1 aliphatic heterocycles. The molecular formula is C13H20N2O6. The molecule has 8 nitrogen and oxygen atoms in total. The molecule has 0 bridgehead atoms. The topological polar surface area (TPSA) is 80.9 Å². The third-order valence-electron chi connectivity index (χ3n) is 3.65. The number of ether oxygens (including phenoxy) is 4. The number of aromatic nitrogens is 2. The summed E-state index contributed by atoms with van der Waals surface area (Å²) in [5, 5.41) is 0. The average Bonchev–Trinajstić information content (AvgIpc) is 2.82. The quantitative estimate of drug-likeness (QED) is 0.702. The number of hydrogen-bond acceptors (Lipinski definition) is 6. The minimum Gasteiger partial charge on any atom is -0.382 e. The molecule has 1 fully saturated rings. The largest absolute Gasteiger partial charge is 0.382 e. The van der Waals surface area contributed by atoms with Crippen molar-refractivity contribution < 1.29 is 18.9 Å². The standard InChI is InChI=1S/C13H20N2O6/c1-14-9(16)5-6-15(13(14)17)12-11(20-4)10(19-3)8(21-12)7-18-2/h5-6,8,10-12H,7H2,1-4H3. The van der Waals surface area contributed by atoms with Crippen molar-refractivity contribution in [3.05, 3.63) is 33.1 Å². The molecule has 8 heteroatoms. The monoisotopic (exact) mass is 300 g/mol. The van der Waals surface area contributed by atoms with Crippen LogP contribution >= 0.6 is 0 Å². The molecule has 0 aromatic carbocycles. The molecule has 1 aromatic heterocycles. The number of rotatable bonds is 5. The minimum absolute atomic E-state index is 0.315. The maximum Gasteiger partial charge on any atom is 0.332 e. The summed E-state index contributed by atoms with van der Waals surface area (Å²) in [6.07, 6.45) is -0.489. The van der Waals surface area contributed by atoms with Crippen molar-refractivity contribution in [3.63, 3.8) is 0 Å². The van der Waals surface area contributed by atoms with Crippen molar-refractivity contribution in [1.29, 1.82) is 0 Å². The van der Waals surface area contributed by atoms with Crippen LogP contribution in [-0.4, -0.2) is 55.4 Å². The average molecular weight is 300 g/mol. The lowest BCUT2D eigenvalue weighted by Crippen LogP contribution is -2.42. The number of hydrogen-bond donors (Lipinski definition) is 0. The van der Waals surface area contributed by atoms with E-state index >= 15 is 0 Å². The van der Waals surface area contributed by atoms with Gasteiger partial charge in [-0.2, -0.15) is 0 Å². The summed E-state index contributed by atoms with van der Waals surface area (Å²) in [7, 11) is 6.05. The smallest absolute Gasteiger partial charge is 0.332 e. The molecule has 0 amide bonds. The fraction of sp³-hybridized carbons (Fsp3) is 0.692. The van der Waals surface area contributed by atoms with Gasteiger partial charge in [0, 0.05) is 40.6 Å². The van der Waals surface area contributed by atoms with E-state index in [9.17, 15) is 9.59 Å². The summed E-state index contributed by atoms with van der Waals surface area (Å²) in [4.78, 5) is 23.7. The maximum atomic E-state index is 12.2. The van der Waals surface area contributed by atoms with Gasteiger partial charge in [-0.15, -0.1) is 0 Å².